The van der Waals surface area contributed by atoms with E-state index in [0.717, 1.165) is 0 Å². The number of amides is 1. The number of fused-ring (bicyclic) bond motifs is 1. The van der Waals surface area contributed by atoms with Gasteiger partial charge in [0, 0.05) is 18.7 Å². The molecule has 26 heavy (non-hydrogen) atoms. The van der Waals surface area contributed by atoms with Crippen molar-refractivity contribution >= 4 is 35.0 Å². The summed E-state index contributed by atoms with van der Waals surface area (Å²) < 4.78 is 0. The largest absolute Gasteiger partial charge is 0.478 e. The molecule has 1 aliphatic rings. The van der Waals surface area contributed by atoms with Crippen LogP contribution in [0.25, 0.3) is 0 Å². The Hall–Kier alpha value is -3.56. The summed E-state index contributed by atoms with van der Waals surface area (Å²) in [6.45, 7) is 0.953. The van der Waals surface area contributed by atoms with Crippen molar-refractivity contribution in [2.24, 2.45) is 0 Å². The number of aromatic carboxylic acids is 1. The van der Waals surface area contributed by atoms with Crippen molar-refractivity contribution in [2.75, 3.05) is 34.5 Å². The van der Waals surface area contributed by atoms with Crippen LogP contribution in [0.4, 0.5) is 23.1 Å². The molecule has 10 nitrogen and oxygen atoms in total. The summed E-state index contributed by atoms with van der Waals surface area (Å²) >= 11 is 0. The second-order valence-corrected chi connectivity index (χ2v) is 5.78. The van der Waals surface area contributed by atoms with Crippen LogP contribution < -0.4 is 26.8 Å². The Morgan fingerprint density at radius 1 is 1.31 bits per heavy atom. The lowest BCUT2D eigenvalue weighted by Gasteiger charge is -2.16. The van der Waals surface area contributed by atoms with Crippen LogP contribution in [0.5, 0.6) is 0 Å². The predicted molar refractivity (Wildman–Crippen MR) is 96.4 cm³/mol. The van der Waals surface area contributed by atoms with Crippen LogP contribution in [0.3, 0.4) is 0 Å². The molecule has 0 unspecified atom stereocenters. The van der Waals surface area contributed by atoms with Gasteiger partial charge in [0.05, 0.1) is 12.2 Å². The highest BCUT2D eigenvalue weighted by molar-refractivity contribution is 5.92. The first kappa shape index (κ1) is 17.3. The number of H-pyrrole nitrogens is 1. The van der Waals surface area contributed by atoms with Gasteiger partial charge in [-0.15, -0.1) is 0 Å². The maximum Gasteiger partial charge on any atom is 0.335 e. The Balaban J connectivity index is 1.51. The number of rotatable bonds is 6. The van der Waals surface area contributed by atoms with Crippen LogP contribution >= 0.6 is 0 Å². The van der Waals surface area contributed by atoms with Crippen LogP contribution in [0.15, 0.2) is 29.1 Å². The Morgan fingerprint density at radius 2 is 2.04 bits per heavy atom. The van der Waals surface area contributed by atoms with Gasteiger partial charge in [-0.3, -0.25) is 14.6 Å². The molecule has 0 spiro atoms. The fraction of sp³-hybridized carbons (Fsp3) is 0.250. The van der Waals surface area contributed by atoms with Crippen LogP contribution in [0.1, 0.15) is 23.2 Å². The number of carbonyl (C=O) groups is 2. The van der Waals surface area contributed by atoms with Crippen LogP contribution in [0.2, 0.25) is 0 Å². The molecule has 0 aliphatic carbocycles. The molecule has 10 heteroatoms. The number of hydrogen-bond acceptors (Lipinski definition) is 7. The summed E-state index contributed by atoms with van der Waals surface area (Å²) in [5, 5.41) is 14.5. The third-order valence-electron chi connectivity index (χ3n) is 3.91. The zero-order chi connectivity index (χ0) is 18.7. The minimum Gasteiger partial charge on any atom is -0.478 e. The number of hydrogen-bond donors (Lipinski definition) is 5. The number of carboxylic acid groups (broad SMARTS) is 1. The maximum absolute atomic E-state index is 12.0. The number of aromatic nitrogens is 2. The number of nitrogens with zero attached hydrogens (tertiary/aromatic N) is 2. The lowest BCUT2D eigenvalue weighted by Crippen LogP contribution is -2.26. The molecule has 0 atom stereocenters. The molecule has 3 rings (SSSR count). The molecule has 6 N–H and O–H groups in total. The summed E-state index contributed by atoms with van der Waals surface area (Å²) in [5.41, 5.74) is 6.31. The van der Waals surface area contributed by atoms with E-state index in [-0.39, 0.29) is 29.4 Å². The number of carbonyl (C=O) groups excluding carboxylic acids is 1. The molecule has 0 bridgehead atoms. The molecule has 0 saturated carbocycles. The highest BCUT2D eigenvalue weighted by Crippen LogP contribution is 2.25. The monoisotopic (exact) mass is 358 g/mol. The smallest absolute Gasteiger partial charge is 0.335 e. The van der Waals surface area contributed by atoms with Gasteiger partial charge >= 0.3 is 5.97 Å². The molecule has 2 heterocycles. The van der Waals surface area contributed by atoms with Gasteiger partial charge in [-0.05, 0) is 30.7 Å². The number of nitrogens with one attached hydrogen (secondary N) is 3. The van der Waals surface area contributed by atoms with Crippen molar-refractivity contribution in [2.45, 2.75) is 12.8 Å². The van der Waals surface area contributed by atoms with Gasteiger partial charge in [-0.2, -0.15) is 4.98 Å². The first-order valence-corrected chi connectivity index (χ1v) is 7.96. The van der Waals surface area contributed by atoms with E-state index < -0.39 is 5.97 Å². The third kappa shape index (κ3) is 3.74. The molecule has 1 aliphatic heterocycles. The summed E-state index contributed by atoms with van der Waals surface area (Å²) in [7, 11) is 0. The number of nitrogen functional groups attached to an aromatic ring is 1. The van der Waals surface area contributed by atoms with Gasteiger partial charge in [0.25, 0.3) is 5.56 Å². The van der Waals surface area contributed by atoms with Crippen molar-refractivity contribution in [1.82, 2.24) is 9.97 Å². The molecule has 0 radical (unpaired) electrons. The summed E-state index contributed by atoms with van der Waals surface area (Å²) in [6, 6.07) is 5.94. The predicted octanol–water partition coefficient (Wildman–Crippen LogP) is 0.659. The molecule has 0 saturated heterocycles. The maximum atomic E-state index is 12.0. The first-order chi connectivity index (χ1) is 12.4. The van der Waals surface area contributed by atoms with Crippen LogP contribution in [-0.2, 0) is 4.79 Å². The zero-order valence-electron chi connectivity index (χ0n) is 13.8. The molecular weight excluding hydrogens is 340 g/mol. The normalized spacial score (nSPS) is 12.4. The minimum atomic E-state index is -1.02. The molecule has 2 aromatic rings. The van der Waals surface area contributed by atoms with E-state index in [1.165, 1.54) is 12.1 Å². The van der Waals surface area contributed by atoms with E-state index in [1.807, 2.05) is 4.90 Å². The molecule has 1 aromatic heterocycles. The number of anilines is 4. The van der Waals surface area contributed by atoms with Crippen molar-refractivity contribution in [3.05, 3.63) is 40.2 Å². The van der Waals surface area contributed by atoms with E-state index in [2.05, 4.69) is 20.6 Å². The Labute approximate surface area is 148 Å². The van der Waals surface area contributed by atoms with Crippen molar-refractivity contribution in [3.63, 3.8) is 0 Å². The van der Waals surface area contributed by atoms with E-state index in [4.69, 9.17) is 10.8 Å². The average Bonchev–Trinajstić information content (AvgIpc) is 2.98. The number of aromatic amines is 1. The Bertz CT molecular complexity index is 893. The molecule has 1 amide bonds. The lowest BCUT2D eigenvalue weighted by atomic mass is 10.2. The molecule has 136 valence electrons. The topological polar surface area (TPSA) is 153 Å². The standard InChI is InChI=1S/C16H18N6O4/c17-16-20-13-12(14(24)21-16)18-8-22(13)7-1-2-11(23)19-10-5-3-9(4-6-10)15(25)26/h3-6,18H,1-2,7-8H2,(H,19,23)(H,25,26)(H3,17,20,21,24). The SMILES string of the molecule is Nc1nc2c(c(=O)[nH]1)NCN2CCCC(=O)Nc1ccc(C(=O)O)cc1. The van der Waals surface area contributed by atoms with Gasteiger partial charge < -0.3 is 26.4 Å². The van der Waals surface area contributed by atoms with E-state index in [1.54, 1.807) is 12.1 Å². The van der Waals surface area contributed by atoms with Gasteiger partial charge in [0.1, 0.15) is 5.69 Å². The van der Waals surface area contributed by atoms with Crippen molar-refractivity contribution in [3.8, 4) is 0 Å². The first-order valence-electron chi connectivity index (χ1n) is 7.96. The summed E-state index contributed by atoms with van der Waals surface area (Å²) in [5.74, 6) is -0.671. The number of benzene rings is 1. The molecule has 0 fully saturated rings. The van der Waals surface area contributed by atoms with Gasteiger partial charge in [0.2, 0.25) is 11.9 Å². The minimum absolute atomic E-state index is 0.0463. The van der Waals surface area contributed by atoms with Gasteiger partial charge in [0.15, 0.2) is 5.82 Å². The third-order valence-corrected chi connectivity index (χ3v) is 3.91. The van der Waals surface area contributed by atoms with E-state index in [9.17, 15) is 14.4 Å². The summed E-state index contributed by atoms with van der Waals surface area (Å²) in [6.07, 6.45) is 0.819. The summed E-state index contributed by atoms with van der Waals surface area (Å²) in [4.78, 5) is 43.0. The molecular formula is C16H18N6O4. The van der Waals surface area contributed by atoms with Crippen molar-refractivity contribution in [1.29, 1.82) is 0 Å². The molecule has 1 aromatic carbocycles. The van der Waals surface area contributed by atoms with E-state index >= 15 is 0 Å². The fourth-order valence-electron chi connectivity index (χ4n) is 2.65. The van der Waals surface area contributed by atoms with Crippen molar-refractivity contribution < 1.29 is 14.7 Å². The highest BCUT2D eigenvalue weighted by atomic mass is 16.4. The average molecular weight is 358 g/mol. The second-order valence-electron chi connectivity index (χ2n) is 5.78. The zero-order valence-corrected chi connectivity index (χ0v) is 13.8. The number of carboxylic acids is 1. The number of nitrogens with two attached hydrogens (primary N) is 1. The quantitative estimate of drug-likeness (QED) is 0.504. The Kier molecular flexibility index (Phi) is 4.74. The van der Waals surface area contributed by atoms with Crippen LogP contribution in [-0.4, -0.2) is 40.2 Å². The van der Waals surface area contributed by atoms with Crippen LogP contribution in [0, 0.1) is 0 Å². The van der Waals surface area contributed by atoms with E-state index in [0.29, 0.717) is 36.8 Å². The second kappa shape index (κ2) is 7.13. The lowest BCUT2D eigenvalue weighted by molar-refractivity contribution is -0.116. The fourth-order valence-corrected chi connectivity index (χ4v) is 2.65. The Morgan fingerprint density at radius 3 is 2.73 bits per heavy atom. The highest BCUT2D eigenvalue weighted by Gasteiger charge is 2.23. The van der Waals surface area contributed by atoms with Gasteiger partial charge in [-0.1, -0.05) is 0 Å². The van der Waals surface area contributed by atoms with Gasteiger partial charge in [-0.25, -0.2) is 4.79 Å².